The van der Waals surface area contributed by atoms with Crippen molar-refractivity contribution < 1.29 is 4.79 Å². The van der Waals surface area contributed by atoms with Gasteiger partial charge in [0.2, 0.25) is 5.91 Å². The summed E-state index contributed by atoms with van der Waals surface area (Å²) < 4.78 is 0. The summed E-state index contributed by atoms with van der Waals surface area (Å²) in [6, 6.07) is 2.03. The van der Waals surface area contributed by atoms with Gasteiger partial charge >= 0.3 is 0 Å². The Kier molecular flexibility index (Phi) is 1.47. The number of nitriles is 1. The highest BCUT2D eigenvalue weighted by atomic mass is 16.2. The minimum Gasteiger partial charge on any atom is -0.355 e. The second-order valence-corrected chi connectivity index (χ2v) is 3.03. The number of nitrogens with zero attached hydrogens (tertiary/aromatic N) is 1. The maximum absolute atomic E-state index is 11.2. The Morgan fingerprint density at radius 2 is 2.50 bits per heavy atom. The largest absolute Gasteiger partial charge is 0.355 e. The first-order valence-electron chi connectivity index (χ1n) is 3.89. The van der Waals surface area contributed by atoms with Crippen LogP contribution >= 0.6 is 0 Å². The average Bonchev–Trinajstić information content (AvgIpc) is 2.47. The average molecular weight is 160 g/mol. The molecule has 1 heterocycles. The van der Waals surface area contributed by atoms with Crippen molar-refractivity contribution in [3.63, 3.8) is 0 Å². The lowest BCUT2D eigenvalue weighted by Gasteiger charge is -2.12. The summed E-state index contributed by atoms with van der Waals surface area (Å²) in [5, 5.41) is 11.4. The molecule has 3 nitrogen and oxygen atoms in total. The third-order valence-electron chi connectivity index (χ3n) is 2.29. The fraction of sp³-hybridized carbons (Fsp3) is 0.333. The van der Waals surface area contributed by atoms with E-state index in [-0.39, 0.29) is 17.7 Å². The van der Waals surface area contributed by atoms with Crippen LogP contribution in [0.15, 0.2) is 23.8 Å². The van der Waals surface area contributed by atoms with Gasteiger partial charge in [0.25, 0.3) is 0 Å². The lowest BCUT2D eigenvalue weighted by molar-refractivity contribution is -0.121. The molecule has 2 rings (SSSR count). The highest BCUT2D eigenvalue weighted by Crippen LogP contribution is 2.26. The Labute approximate surface area is 70.4 Å². The summed E-state index contributed by atoms with van der Waals surface area (Å²) in [6.45, 7) is 0.704. The Balaban J connectivity index is 2.31. The smallest absolute Gasteiger partial charge is 0.227 e. The number of rotatable bonds is 0. The van der Waals surface area contributed by atoms with Crippen molar-refractivity contribution in [1.29, 1.82) is 5.26 Å². The van der Waals surface area contributed by atoms with Gasteiger partial charge in [-0.25, -0.2) is 0 Å². The van der Waals surface area contributed by atoms with Crippen molar-refractivity contribution in [2.75, 3.05) is 6.54 Å². The lowest BCUT2D eigenvalue weighted by atomic mass is 9.89. The first kappa shape index (κ1) is 7.11. The quantitative estimate of drug-likeness (QED) is 0.556. The van der Waals surface area contributed by atoms with Gasteiger partial charge in [0, 0.05) is 18.0 Å². The fourth-order valence-electron chi connectivity index (χ4n) is 1.60. The zero-order valence-corrected chi connectivity index (χ0v) is 6.45. The number of fused-ring (bicyclic) bond motifs is 1. The van der Waals surface area contributed by atoms with Crippen LogP contribution in [0.1, 0.15) is 0 Å². The maximum Gasteiger partial charge on any atom is 0.227 e. The number of amides is 1. The van der Waals surface area contributed by atoms with Gasteiger partial charge in [-0.1, -0.05) is 12.2 Å². The molecule has 0 aromatic heterocycles. The molecule has 0 spiro atoms. The second-order valence-electron chi connectivity index (χ2n) is 3.03. The van der Waals surface area contributed by atoms with Gasteiger partial charge in [-0.05, 0) is 6.08 Å². The molecule has 0 aromatic carbocycles. The minimum atomic E-state index is -0.107. The second kappa shape index (κ2) is 2.49. The molecule has 1 saturated heterocycles. The summed E-state index contributed by atoms with van der Waals surface area (Å²) in [4.78, 5) is 11.2. The van der Waals surface area contributed by atoms with E-state index in [1.165, 1.54) is 0 Å². The number of nitrogens with one attached hydrogen (secondary N) is 1. The van der Waals surface area contributed by atoms with Gasteiger partial charge in [-0.3, -0.25) is 4.79 Å². The highest BCUT2D eigenvalue weighted by Gasteiger charge is 2.32. The van der Waals surface area contributed by atoms with Gasteiger partial charge in [-0.15, -0.1) is 0 Å². The molecule has 60 valence electrons. The van der Waals surface area contributed by atoms with Gasteiger partial charge in [0.1, 0.15) is 0 Å². The Morgan fingerprint density at radius 1 is 1.67 bits per heavy atom. The third-order valence-corrected chi connectivity index (χ3v) is 2.29. The molecule has 3 heteroatoms. The van der Waals surface area contributed by atoms with E-state index in [1.807, 2.05) is 12.1 Å². The molecule has 1 aliphatic heterocycles. The Bertz CT molecular complexity index is 322. The summed E-state index contributed by atoms with van der Waals surface area (Å²) in [5.41, 5.74) is 0.591. The summed E-state index contributed by atoms with van der Waals surface area (Å²) in [7, 11) is 0. The first-order chi connectivity index (χ1) is 5.81. The monoisotopic (exact) mass is 160 g/mol. The van der Waals surface area contributed by atoms with Crippen molar-refractivity contribution in [3.05, 3.63) is 23.8 Å². The molecule has 0 aromatic rings. The van der Waals surface area contributed by atoms with E-state index in [0.717, 1.165) is 0 Å². The number of carbonyl (C=O) groups excluding carboxylic acids is 1. The summed E-state index contributed by atoms with van der Waals surface area (Å²) in [6.07, 6.45) is 5.45. The third kappa shape index (κ3) is 0.928. The minimum absolute atomic E-state index is 0.0390. The van der Waals surface area contributed by atoms with Gasteiger partial charge in [0.05, 0.1) is 12.0 Å². The van der Waals surface area contributed by atoms with E-state index in [1.54, 1.807) is 12.2 Å². The molecule has 0 bridgehead atoms. The van der Waals surface area contributed by atoms with Crippen LogP contribution in [0.4, 0.5) is 0 Å². The molecular formula is C9H8N2O. The molecule has 0 radical (unpaired) electrons. The highest BCUT2D eigenvalue weighted by molar-refractivity contribution is 5.84. The molecule has 12 heavy (non-hydrogen) atoms. The Hall–Kier alpha value is -1.56. The first-order valence-corrected chi connectivity index (χ1v) is 3.89. The van der Waals surface area contributed by atoms with E-state index >= 15 is 0 Å². The molecule has 0 saturated carbocycles. The van der Waals surface area contributed by atoms with Gasteiger partial charge < -0.3 is 5.32 Å². The summed E-state index contributed by atoms with van der Waals surface area (Å²) >= 11 is 0. The molecule has 1 N–H and O–H groups in total. The van der Waals surface area contributed by atoms with E-state index in [4.69, 9.17) is 5.26 Å². The molecule has 1 amide bonds. The maximum atomic E-state index is 11.2. The van der Waals surface area contributed by atoms with E-state index in [9.17, 15) is 4.79 Å². The van der Waals surface area contributed by atoms with Crippen LogP contribution in [-0.4, -0.2) is 12.5 Å². The van der Waals surface area contributed by atoms with E-state index < -0.39 is 0 Å². The fourth-order valence-corrected chi connectivity index (χ4v) is 1.60. The molecule has 1 aliphatic carbocycles. The normalized spacial score (nSPS) is 31.9. The predicted octanol–water partition coefficient (Wildman–Crippen LogP) is 0.368. The summed E-state index contributed by atoms with van der Waals surface area (Å²) in [5.74, 6) is 0.191. The topological polar surface area (TPSA) is 52.9 Å². The van der Waals surface area contributed by atoms with Crippen LogP contribution in [0.25, 0.3) is 0 Å². The number of hydrogen-bond donors (Lipinski definition) is 1. The van der Waals surface area contributed by atoms with Crippen LogP contribution in [0, 0.1) is 23.2 Å². The van der Waals surface area contributed by atoms with Crippen LogP contribution in [-0.2, 0) is 4.79 Å². The number of hydrogen-bond acceptors (Lipinski definition) is 2. The van der Waals surface area contributed by atoms with Crippen molar-refractivity contribution in [1.82, 2.24) is 5.32 Å². The van der Waals surface area contributed by atoms with Gasteiger partial charge in [0.15, 0.2) is 0 Å². The van der Waals surface area contributed by atoms with Crippen LogP contribution in [0.2, 0.25) is 0 Å². The predicted molar refractivity (Wildman–Crippen MR) is 42.8 cm³/mol. The van der Waals surface area contributed by atoms with Crippen molar-refractivity contribution in [2.24, 2.45) is 11.8 Å². The van der Waals surface area contributed by atoms with Crippen LogP contribution in [0.3, 0.4) is 0 Å². The lowest BCUT2D eigenvalue weighted by Crippen LogP contribution is -2.18. The van der Waals surface area contributed by atoms with Crippen molar-refractivity contribution >= 4 is 5.91 Å². The number of carbonyl (C=O) groups is 1. The van der Waals surface area contributed by atoms with Crippen molar-refractivity contribution in [2.45, 2.75) is 0 Å². The molecular weight excluding hydrogens is 152 g/mol. The van der Waals surface area contributed by atoms with E-state index in [0.29, 0.717) is 12.1 Å². The van der Waals surface area contributed by atoms with Crippen LogP contribution in [0.5, 0.6) is 0 Å². The zero-order valence-electron chi connectivity index (χ0n) is 6.45. The molecule has 2 aliphatic rings. The Morgan fingerprint density at radius 3 is 3.25 bits per heavy atom. The molecule has 1 fully saturated rings. The molecule has 2 unspecified atom stereocenters. The SMILES string of the molecule is N#CC1=CC2C(=O)NCC2C=C1. The van der Waals surface area contributed by atoms with Gasteiger partial charge in [-0.2, -0.15) is 5.26 Å². The molecule has 2 atom stereocenters. The zero-order chi connectivity index (χ0) is 8.55. The standard InChI is InChI=1S/C9H8N2O/c10-4-6-1-2-7-5-11-9(12)8(7)3-6/h1-3,7-8H,5H2,(H,11,12). The van der Waals surface area contributed by atoms with E-state index in [2.05, 4.69) is 5.32 Å². The number of allylic oxidation sites excluding steroid dienone is 2. The van der Waals surface area contributed by atoms with Crippen molar-refractivity contribution in [3.8, 4) is 6.07 Å². The van der Waals surface area contributed by atoms with Crippen LogP contribution < -0.4 is 5.32 Å².